The normalized spacial score (nSPS) is 12.4. The lowest BCUT2D eigenvalue weighted by atomic mass is 10.1. The Morgan fingerprint density at radius 3 is 2.42 bits per heavy atom. The number of nitrogens with two attached hydrogens (primary N) is 1. The summed E-state index contributed by atoms with van der Waals surface area (Å²) < 4.78 is 25.4. The van der Waals surface area contributed by atoms with Crippen LogP contribution in [0.5, 0.6) is 0 Å². The van der Waals surface area contributed by atoms with Crippen LogP contribution < -0.4 is 5.73 Å². The minimum Gasteiger partial charge on any atom is -0.326 e. The first-order chi connectivity index (χ1) is 9.10. The predicted octanol–water partition coefficient (Wildman–Crippen LogP) is 2.90. The molecule has 1 unspecified atom stereocenters. The van der Waals surface area contributed by atoms with E-state index in [1.165, 1.54) is 12.1 Å². The van der Waals surface area contributed by atoms with E-state index in [2.05, 4.69) is 0 Å². The van der Waals surface area contributed by atoms with Crippen molar-refractivity contribution in [2.45, 2.75) is 24.1 Å². The molecule has 0 saturated carbocycles. The molecule has 19 heavy (non-hydrogen) atoms. The zero-order chi connectivity index (χ0) is 13.8. The molecular formula is C15H16FNOS. The molecule has 0 amide bonds. The maximum Gasteiger partial charge on any atom is 0.123 e. The van der Waals surface area contributed by atoms with Crippen LogP contribution in [-0.2, 0) is 23.1 Å². The van der Waals surface area contributed by atoms with Crippen LogP contribution in [-0.4, -0.2) is 4.21 Å². The molecule has 0 spiro atoms. The van der Waals surface area contributed by atoms with E-state index in [4.69, 9.17) is 5.73 Å². The lowest BCUT2D eigenvalue weighted by Crippen LogP contribution is -2.05. The Hall–Kier alpha value is -1.52. The molecule has 0 saturated heterocycles. The summed E-state index contributed by atoms with van der Waals surface area (Å²) in [5.74, 6) is 0.0425. The second kappa shape index (κ2) is 6.08. The monoisotopic (exact) mass is 277 g/mol. The van der Waals surface area contributed by atoms with Crippen molar-refractivity contribution in [2.24, 2.45) is 5.73 Å². The Morgan fingerprint density at radius 1 is 1.11 bits per heavy atom. The van der Waals surface area contributed by atoms with Gasteiger partial charge in [-0.2, -0.15) is 0 Å². The highest BCUT2D eigenvalue weighted by Gasteiger charge is 2.09. The van der Waals surface area contributed by atoms with Gasteiger partial charge in [0.1, 0.15) is 5.82 Å². The number of rotatable bonds is 4. The summed E-state index contributed by atoms with van der Waals surface area (Å²) in [6.07, 6.45) is 0. The number of halogens is 1. The zero-order valence-electron chi connectivity index (χ0n) is 10.7. The minimum absolute atomic E-state index is 0.248. The SMILES string of the molecule is Cc1ccc(S(=O)Cc2ccc(F)cc2CN)cc1. The molecule has 0 radical (unpaired) electrons. The molecule has 1 atom stereocenters. The lowest BCUT2D eigenvalue weighted by molar-refractivity contribution is 0.624. The molecule has 100 valence electrons. The summed E-state index contributed by atoms with van der Waals surface area (Å²) in [6.45, 7) is 2.23. The van der Waals surface area contributed by atoms with Gasteiger partial charge in [-0.25, -0.2) is 4.39 Å². The lowest BCUT2D eigenvalue weighted by Gasteiger charge is -2.08. The van der Waals surface area contributed by atoms with Gasteiger partial charge in [-0.3, -0.25) is 4.21 Å². The van der Waals surface area contributed by atoms with Gasteiger partial charge < -0.3 is 5.73 Å². The third kappa shape index (κ3) is 3.49. The highest BCUT2D eigenvalue weighted by molar-refractivity contribution is 7.84. The molecule has 0 bridgehead atoms. The highest BCUT2D eigenvalue weighted by atomic mass is 32.2. The van der Waals surface area contributed by atoms with Crippen molar-refractivity contribution in [1.82, 2.24) is 0 Å². The Kier molecular flexibility index (Phi) is 4.45. The molecule has 0 aliphatic heterocycles. The maximum atomic E-state index is 13.1. The summed E-state index contributed by atoms with van der Waals surface area (Å²) in [5, 5.41) is 0. The molecule has 0 aliphatic rings. The van der Waals surface area contributed by atoms with Crippen molar-refractivity contribution in [3.05, 3.63) is 65.0 Å². The third-order valence-corrected chi connectivity index (χ3v) is 4.33. The molecule has 4 heteroatoms. The second-order valence-electron chi connectivity index (χ2n) is 4.42. The quantitative estimate of drug-likeness (QED) is 0.933. The van der Waals surface area contributed by atoms with Crippen LogP contribution in [0.25, 0.3) is 0 Å². The Bertz CT molecular complexity index is 596. The van der Waals surface area contributed by atoms with Crippen LogP contribution in [0.15, 0.2) is 47.4 Å². The molecule has 0 fully saturated rings. The van der Waals surface area contributed by atoms with Crippen LogP contribution >= 0.6 is 0 Å². The van der Waals surface area contributed by atoms with E-state index in [1.807, 2.05) is 31.2 Å². The van der Waals surface area contributed by atoms with Crippen LogP contribution in [0.4, 0.5) is 4.39 Å². The van der Waals surface area contributed by atoms with Gasteiger partial charge in [0.2, 0.25) is 0 Å². The van der Waals surface area contributed by atoms with Gasteiger partial charge in [0.05, 0.1) is 16.6 Å². The van der Waals surface area contributed by atoms with Crippen molar-refractivity contribution in [3.8, 4) is 0 Å². The number of benzene rings is 2. The van der Waals surface area contributed by atoms with Gasteiger partial charge in [0.25, 0.3) is 0 Å². The zero-order valence-corrected chi connectivity index (χ0v) is 11.5. The standard InChI is InChI=1S/C15H16FNOS/c1-11-2-6-15(7-3-11)19(18)10-12-4-5-14(16)8-13(12)9-17/h2-8H,9-10,17H2,1H3. The fraction of sp³-hybridized carbons (Fsp3) is 0.200. The summed E-state index contributed by atoms with van der Waals surface area (Å²) >= 11 is 0. The van der Waals surface area contributed by atoms with E-state index in [-0.39, 0.29) is 12.4 Å². The average molecular weight is 277 g/mol. The second-order valence-corrected chi connectivity index (χ2v) is 5.87. The fourth-order valence-corrected chi connectivity index (χ4v) is 3.01. The topological polar surface area (TPSA) is 43.1 Å². The van der Waals surface area contributed by atoms with E-state index in [9.17, 15) is 8.60 Å². The predicted molar refractivity (Wildman–Crippen MR) is 75.6 cm³/mol. The Morgan fingerprint density at radius 2 is 1.79 bits per heavy atom. The fourth-order valence-electron chi connectivity index (χ4n) is 1.84. The number of hydrogen-bond donors (Lipinski definition) is 1. The minimum atomic E-state index is -1.14. The van der Waals surface area contributed by atoms with Crippen LogP contribution in [0, 0.1) is 12.7 Å². The van der Waals surface area contributed by atoms with E-state index < -0.39 is 10.8 Å². The smallest absolute Gasteiger partial charge is 0.123 e. The van der Waals surface area contributed by atoms with Crippen molar-refractivity contribution in [2.75, 3.05) is 0 Å². The molecule has 2 N–H and O–H groups in total. The van der Waals surface area contributed by atoms with Gasteiger partial charge in [0, 0.05) is 11.4 Å². The van der Waals surface area contributed by atoms with Crippen molar-refractivity contribution in [1.29, 1.82) is 0 Å². The molecular weight excluding hydrogens is 261 g/mol. The van der Waals surface area contributed by atoms with Gasteiger partial charge in [-0.05, 0) is 42.3 Å². The third-order valence-electron chi connectivity index (χ3n) is 2.96. The number of hydrogen-bond acceptors (Lipinski definition) is 2. The van der Waals surface area contributed by atoms with Crippen LogP contribution in [0.2, 0.25) is 0 Å². The molecule has 2 aromatic carbocycles. The average Bonchev–Trinajstić information content (AvgIpc) is 2.41. The van der Waals surface area contributed by atoms with Crippen LogP contribution in [0.3, 0.4) is 0 Å². The first-order valence-corrected chi connectivity index (χ1v) is 7.34. The first-order valence-electron chi connectivity index (χ1n) is 6.02. The highest BCUT2D eigenvalue weighted by Crippen LogP contribution is 2.17. The van der Waals surface area contributed by atoms with Crippen molar-refractivity contribution < 1.29 is 8.60 Å². The van der Waals surface area contributed by atoms with Gasteiger partial charge >= 0.3 is 0 Å². The molecule has 2 rings (SSSR count). The molecule has 0 aromatic heterocycles. The number of aryl methyl sites for hydroxylation is 1. The molecule has 2 aromatic rings. The van der Waals surface area contributed by atoms with Gasteiger partial charge in [0.15, 0.2) is 0 Å². The summed E-state index contributed by atoms with van der Waals surface area (Å²) in [7, 11) is -1.14. The van der Waals surface area contributed by atoms with E-state index >= 15 is 0 Å². The van der Waals surface area contributed by atoms with E-state index in [0.29, 0.717) is 11.3 Å². The maximum absolute atomic E-state index is 13.1. The largest absolute Gasteiger partial charge is 0.326 e. The summed E-state index contributed by atoms with van der Waals surface area (Å²) in [6, 6.07) is 12.0. The first kappa shape index (κ1) is 13.9. The Balaban J connectivity index is 2.21. The Labute approximate surface area is 114 Å². The molecule has 2 nitrogen and oxygen atoms in total. The van der Waals surface area contributed by atoms with Crippen LogP contribution in [0.1, 0.15) is 16.7 Å². The van der Waals surface area contributed by atoms with Crippen molar-refractivity contribution in [3.63, 3.8) is 0 Å². The molecule has 0 heterocycles. The van der Waals surface area contributed by atoms with Gasteiger partial charge in [-0.1, -0.05) is 23.8 Å². The molecule has 0 aliphatic carbocycles. The summed E-state index contributed by atoms with van der Waals surface area (Å²) in [4.78, 5) is 0.776. The van der Waals surface area contributed by atoms with Gasteiger partial charge in [-0.15, -0.1) is 0 Å². The van der Waals surface area contributed by atoms with Crippen molar-refractivity contribution >= 4 is 10.8 Å². The van der Waals surface area contributed by atoms with E-state index in [1.54, 1.807) is 6.07 Å². The summed E-state index contributed by atoms with van der Waals surface area (Å²) in [5.41, 5.74) is 8.26. The van der Waals surface area contributed by atoms with E-state index in [0.717, 1.165) is 16.0 Å².